The molecule has 20 heavy (non-hydrogen) atoms. The van der Waals surface area contributed by atoms with Gasteiger partial charge in [0, 0.05) is 38.7 Å². The van der Waals surface area contributed by atoms with E-state index < -0.39 is 0 Å². The fourth-order valence-corrected chi connectivity index (χ4v) is 2.52. The Morgan fingerprint density at radius 3 is 3.20 bits per heavy atom. The van der Waals surface area contributed by atoms with Gasteiger partial charge in [0.25, 0.3) is 0 Å². The Bertz CT molecular complexity index is 562. The van der Waals surface area contributed by atoms with E-state index in [0.29, 0.717) is 5.92 Å². The van der Waals surface area contributed by atoms with Gasteiger partial charge in [-0.2, -0.15) is 0 Å². The lowest BCUT2D eigenvalue weighted by Gasteiger charge is -2.12. The van der Waals surface area contributed by atoms with Crippen LogP contribution in [0.4, 0.5) is 11.6 Å². The number of hydrogen-bond donors (Lipinski definition) is 2. The first kappa shape index (κ1) is 13.2. The van der Waals surface area contributed by atoms with Crippen molar-refractivity contribution in [2.75, 3.05) is 36.9 Å². The first-order chi connectivity index (χ1) is 9.86. The standard InChI is InChI=1S/C14H21N5O/c1-2-15-12-9-19-7-6-17-14(19)13(18-12)16-5-3-11-4-8-20-10-11/h6-7,9,11,15H,2-5,8,10H2,1H3,(H,16,18). The van der Waals surface area contributed by atoms with E-state index in [0.717, 1.165) is 50.0 Å². The maximum absolute atomic E-state index is 5.40. The van der Waals surface area contributed by atoms with Gasteiger partial charge in [-0.25, -0.2) is 9.97 Å². The van der Waals surface area contributed by atoms with Gasteiger partial charge in [0.2, 0.25) is 0 Å². The van der Waals surface area contributed by atoms with Gasteiger partial charge in [-0.1, -0.05) is 0 Å². The van der Waals surface area contributed by atoms with Gasteiger partial charge in [0.1, 0.15) is 5.82 Å². The Labute approximate surface area is 118 Å². The monoisotopic (exact) mass is 275 g/mol. The maximum atomic E-state index is 5.40. The first-order valence-corrected chi connectivity index (χ1v) is 7.26. The van der Waals surface area contributed by atoms with Crippen molar-refractivity contribution in [1.82, 2.24) is 14.4 Å². The molecule has 108 valence electrons. The van der Waals surface area contributed by atoms with Gasteiger partial charge < -0.3 is 19.8 Å². The van der Waals surface area contributed by atoms with Crippen LogP contribution in [0.1, 0.15) is 19.8 Å². The van der Waals surface area contributed by atoms with Crippen LogP contribution in [0.25, 0.3) is 5.65 Å². The number of fused-ring (bicyclic) bond motifs is 1. The zero-order valence-electron chi connectivity index (χ0n) is 11.8. The van der Waals surface area contributed by atoms with Crippen LogP contribution in [0.15, 0.2) is 18.6 Å². The second kappa shape index (κ2) is 6.09. The van der Waals surface area contributed by atoms with Crippen molar-refractivity contribution in [2.24, 2.45) is 5.92 Å². The lowest BCUT2D eigenvalue weighted by atomic mass is 10.1. The molecular formula is C14H21N5O. The summed E-state index contributed by atoms with van der Waals surface area (Å²) < 4.78 is 7.39. The maximum Gasteiger partial charge on any atom is 0.180 e. The number of anilines is 2. The topological polar surface area (TPSA) is 63.5 Å². The van der Waals surface area contributed by atoms with Crippen LogP contribution in [0.2, 0.25) is 0 Å². The van der Waals surface area contributed by atoms with E-state index in [1.807, 2.05) is 16.8 Å². The largest absolute Gasteiger partial charge is 0.381 e. The van der Waals surface area contributed by atoms with Crippen LogP contribution >= 0.6 is 0 Å². The van der Waals surface area contributed by atoms with Crippen LogP contribution in [-0.4, -0.2) is 40.7 Å². The van der Waals surface area contributed by atoms with Crippen molar-refractivity contribution in [1.29, 1.82) is 0 Å². The van der Waals surface area contributed by atoms with Gasteiger partial charge in [-0.3, -0.25) is 0 Å². The van der Waals surface area contributed by atoms with Crippen molar-refractivity contribution in [2.45, 2.75) is 19.8 Å². The predicted molar refractivity (Wildman–Crippen MR) is 79.2 cm³/mol. The Kier molecular flexibility index (Phi) is 4.01. The van der Waals surface area contributed by atoms with Crippen LogP contribution in [0.5, 0.6) is 0 Å². The van der Waals surface area contributed by atoms with Gasteiger partial charge in [-0.15, -0.1) is 0 Å². The summed E-state index contributed by atoms with van der Waals surface area (Å²) in [6.45, 7) is 5.62. The van der Waals surface area contributed by atoms with Crippen molar-refractivity contribution in [3.05, 3.63) is 18.6 Å². The zero-order chi connectivity index (χ0) is 13.8. The molecule has 0 saturated carbocycles. The number of rotatable bonds is 6. The van der Waals surface area contributed by atoms with Crippen LogP contribution in [0.3, 0.4) is 0 Å². The summed E-state index contributed by atoms with van der Waals surface area (Å²) >= 11 is 0. The summed E-state index contributed by atoms with van der Waals surface area (Å²) in [7, 11) is 0. The molecule has 1 fully saturated rings. The van der Waals surface area contributed by atoms with Crippen LogP contribution in [-0.2, 0) is 4.74 Å². The van der Waals surface area contributed by atoms with E-state index in [9.17, 15) is 0 Å². The number of nitrogens with one attached hydrogen (secondary N) is 2. The minimum absolute atomic E-state index is 0.676. The predicted octanol–water partition coefficient (Wildman–Crippen LogP) is 2.00. The third-order valence-corrected chi connectivity index (χ3v) is 3.60. The van der Waals surface area contributed by atoms with E-state index in [4.69, 9.17) is 4.74 Å². The third kappa shape index (κ3) is 2.85. The third-order valence-electron chi connectivity index (χ3n) is 3.60. The molecule has 6 nitrogen and oxygen atoms in total. The summed E-state index contributed by atoms with van der Waals surface area (Å²) in [6.07, 6.45) is 7.98. The Morgan fingerprint density at radius 2 is 2.40 bits per heavy atom. The average Bonchev–Trinajstić information content (AvgIpc) is 3.09. The molecule has 2 N–H and O–H groups in total. The zero-order valence-corrected chi connectivity index (χ0v) is 11.8. The summed E-state index contributed by atoms with van der Waals surface area (Å²) in [5.74, 6) is 2.38. The average molecular weight is 275 g/mol. The number of nitrogens with zero attached hydrogens (tertiary/aromatic N) is 3. The molecule has 0 aliphatic carbocycles. The molecule has 1 atom stereocenters. The second-order valence-electron chi connectivity index (χ2n) is 5.11. The molecule has 3 rings (SSSR count). The summed E-state index contributed by atoms with van der Waals surface area (Å²) in [4.78, 5) is 8.95. The molecule has 0 radical (unpaired) electrons. The van der Waals surface area contributed by atoms with Crippen LogP contribution < -0.4 is 10.6 Å². The molecule has 1 saturated heterocycles. The minimum Gasteiger partial charge on any atom is -0.381 e. The van der Waals surface area contributed by atoms with Gasteiger partial charge in [0.15, 0.2) is 11.5 Å². The number of ether oxygens (including phenoxy) is 1. The molecule has 2 aromatic rings. The normalized spacial score (nSPS) is 18.6. The fourth-order valence-electron chi connectivity index (χ4n) is 2.52. The molecule has 3 heterocycles. The van der Waals surface area contributed by atoms with Crippen LogP contribution in [0, 0.1) is 5.92 Å². The Morgan fingerprint density at radius 1 is 1.45 bits per heavy atom. The number of aromatic nitrogens is 3. The molecular weight excluding hydrogens is 254 g/mol. The SMILES string of the molecule is CCNc1cn2ccnc2c(NCCC2CCOC2)n1. The van der Waals surface area contributed by atoms with Crippen molar-refractivity contribution in [3.8, 4) is 0 Å². The highest BCUT2D eigenvalue weighted by Gasteiger charge is 2.15. The second-order valence-corrected chi connectivity index (χ2v) is 5.11. The summed E-state index contributed by atoms with van der Waals surface area (Å²) in [5, 5.41) is 6.65. The molecule has 1 aliphatic heterocycles. The van der Waals surface area contributed by atoms with Gasteiger partial charge in [0.05, 0.1) is 6.20 Å². The fraction of sp³-hybridized carbons (Fsp3) is 0.571. The minimum atomic E-state index is 0.676. The lowest BCUT2D eigenvalue weighted by Crippen LogP contribution is -2.12. The molecule has 0 amide bonds. The van der Waals surface area contributed by atoms with Crippen molar-refractivity contribution >= 4 is 17.3 Å². The lowest BCUT2D eigenvalue weighted by molar-refractivity contribution is 0.185. The highest BCUT2D eigenvalue weighted by atomic mass is 16.5. The number of imidazole rings is 1. The Balaban J connectivity index is 1.69. The highest BCUT2D eigenvalue weighted by Crippen LogP contribution is 2.19. The molecule has 2 aromatic heterocycles. The molecule has 6 heteroatoms. The van der Waals surface area contributed by atoms with E-state index in [1.54, 1.807) is 6.20 Å². The summed E-state index contributed by atoms with van der Waals surface area (Å²) in [6, 6.07) is 0. The smallest absolute Gasteiger partial charge is 0.180 e. The Hall–Kier alpha value is -1.82. The number of hydrogen-bond acceptors (Lipinski definition) is 5. The first-order valence-electron chi connectivity index (χ1n) is 7.26. The van der Waals surface area contributed by atoms with Crippen molar-refractivity contribution in [3.63, 3.8) is 0 Å². The van der Waals surface area contributed by atoms with Gasteiger partial charge in [-0.05, 0) is 25.7 Å². The molecule has 0 aromatic carbocycles. The van der Waals surface area contributed by atoms with Crippen molar-refractivity contribution < 1.29 is 4.74 Å². The molecule has 0 spiro atoms. The summed E-state index contributed by atoms with van der Waals surface area (Å²) in [5.41, 5.74) is 0.870. The van der Waals surface area contributed by atoms with E-state index in [-0.39, 0.29) is 0 Å². The van der Waals surface area contributed by atoms with Gasteiger partial charge >= 0.3 is 0 Å². The van der Waals surface area contributed by atoms with E-state index in [1.165, 1.54) is 6.42 Å². The van der Waals surface area contributed by atoms with E-state index >= 15 is 0 Å². The molecule has 0 bridgehead atoms. The highest BCUT2D eigenvalue weighted by molar-refractivity contribution is 5.65. The van der Waals surface area contributed by atoms with E-state index in [2.05, 4.69) is 27.5 Å². The molecule has 1 aliphatic rings. The quantitative estimate of drug-likeness (QED) is 0.844. The molecule has 1 unspecified atom stereocenters.